The van der Waals surface area contributed by atoms with Crippen LogP contribution in [0.2, 0.25) is 0 Å². The molecule has 10 aromatic carbocycles. The third kappa shape index (κ3) is 38.9. The number of methoxy groups -OCH3 is 2. The Hall–Kier alpha value is -11.1. The largest absolute Gasteiger partial charge is 3.00 e. The van der Waals surface area contributed by atoms with Crippen molar-refractivity contribution in [2.24, 2.45) is 35.5 Å². The molecule has 0 N–H and O–H groups in total. The monoisotopic (exact) mass is 2420 g/mol. The summed E-state index contributed by atoms with van der Waals surface area (Å²) in [4.78, 5) is 26.6. The summed E-state index contributed by atoms with van der Waals surface area (Å²) in [7, 11) is 2.99. The average Bonchev–Trinajstić information content (AvgIpc) is 1.68. The van der Waals surface area contributed by atoms with Crippen LogP contribution in [0.4, 0.5) is 0 Å². The first-order valence-electron chi connectivity index (χ1n) is 53.0. The van der Waals surface area contributed by atoms with E-state index in [0.29, 0.717) is 35.5 Å². The van der Waals surface area contributed by atoms with Gasteiger partial charge in [0.15, 0.2) is 0 Å². The Labute approximate surface area is 930 Å². The summed E-state index contributed by atoms with van der Waals surface area (Å²) < 4.78 is 25.0. The first-order valence-corrected chi connectivity index (χ1v) is 55.2. The molecule has 3 fully saturated rings. The van der Waals surface area contributed by atoms with E-state index >= 15 is 0 Å². The molecule has 7 heterocycles. The summed E-state index contributed by atoms with van der Waals surface area (Å²) in [5.74, 6) is 5.80. The van der Waals surface area contributed by atoms with Crippen LogP contribution in [0.15, 0.2) is 351 Å². The Kier molecular flexibility index (Phi) is 50.3. The summed E-state index contributed by atoms with van der Waals surface area (Å²) in [6.07, 6.45) is 32.0. The molecule has 2 saturated carbocycles. The molecule has 1 saturated heterocycles. The van der Waals surface area contributed by atoms with Crippen molar-refractivity contribution in [1.82, 2.24) is 29.9 Å². The zero-order valence-electron chi connectivity index (χ0n) is 90.7. The zero-order chi connectivity index (χ0) is 104. The summed E-state index contributed by atoms with van der Waals surface area (Å²) in [6, 6.07) is 125. The van der Waals surface area contributed by atoms with E-state index in [9.17, 15) is 0 Å². The van der Waals surface area contributed by atoms with Gasteiger partial charge in [0.25, 0.3) is 0 Å². The fourth-order valence-corrected chi connectivity index (χ4v) is 22.8. The summed E-state index contributed by atoms with van der Waals surface area (Å²) in [6.45, 7) is 35.1. The molecular weight excluding hydrogens is 2260 g/mol. The zero-order valence-corrected chi connectivity index (χ0v) is 98.0. The molecule has 0 atom stereocenters. The minimum absolute atomic E-state index is 0. The number of hydrogen-bond donors (Lipinski definition) is 0. The predicted octanol–water partition coefficient (Wildman–Crippen LogP) is 34.0. The van der Waals surface area contributed by atoms with Gasteiger partial charge in [0.2, 0.25) is 0 Å². The van der Waals surface area contributed by atoms with Gasteiger partial charge in [0, 0.05) is 41.7 Å². The Morgan fingerprint density at radius 3 is 0.919 bits per heavy atom. The molecule has 6 aromatic heterocycles. The summed E-state index contributed by atoms with van der Waals surface area (Å²) in [5.41, 5.74) is 27.2. The number of nitrogens with zero attached hydrogens (tertiary/aromatic N) is 6. The Morgan fingerprint density at radius 1 is 0.315 bits per heavy atom. The van der Waals surface area contributed by atoms with Crippen molar-refractivity contribution in [2.75, 3.05) is 14.2 Å². The number of benzene rings is 10. The molecule has 0 amide bonds. The van der Waals surface area contributed by atoms with Crippen molar-refractivity contribution < 1.29 is 59.0 Å². The summed E-state index contributed by atoms with van der Waals surface area (Å²) in [5, 5.41) is 1.59. The van der Waals surface area contributed by atoms with Gasteiger partial charge < -0.3 is 48.7 Å². The molecule has 774 valence electrons. The molecule has 149 heavy (non-hydrogen) atoms. The minimum atomic E-state index is -0.364. The first-order chi connectivity index (χ1) is 71.1. The van der Waals surface area contributed by atoms with Gasteiger partial charge in [-0.3, -0.25) is 0 Å². The fraction of sp³-hybridized carbons (Fsp3) is 0.328. The SMILES string of the molecule is Brc1ccccc1.CC(C)Cc1ccnc(-c2[c-]ccc(-c3ccccc3)c2)c1.CC(C)Cc1ccnc(-c2[c-]ccc(B3OC(C)(C)C(C)(C)O3)c2)c1.CC(C)Cc1ccnc(-c2[c-]cccc2)c1.CC(C)Cc1ccnc(-c2[c-]cccc2)c1.CC(C)Cc1ccnc(-c2[c-]cccc2)c1.CC(C)Cc1ccnc(-c2[c-]cccc2)c1.COc1cccc(OC)c1-c1ccccc1P(C1CCCCC1)C1CCCCC1.[Ir+3].[Ir+3]. The van der Waals surface area contributed by atoms with E-state index < -0.39 is 0 Å². The van der Waals surface area contributed by atoms with Crippen LogP contribution >= 0.6 is 23.9 Å². The van der Waals surface area contributed by atoms with Crippen LogP contribution in [0.25, 0.3) is 89.8 Å². The van der Waals surface area contributed by atoms with Crippen molar-refractivity contribution in [1.29, 1.82) is 0 Å². The van der Waals surface area contributed by atoms with E-state index in [1.807, 2.05) is 195 Å². The van der Waals surface area contributed by atoms with Gasteiger partial charge in [-0.15, -0.1) is 214 Å². The molecule has 0 bridgehead atoms. The molecule has 16 aromatic rings. The predicted molar refractivity (Wildman–Crippen MR) is 623 cm³/mol. The van der Waals surface area contributed by atoms with Gasteiger partial charge >= 0.3 is 47.3 Å². The third-order valence-electron chi connectivity index (χ3n) is 26.1. The molecule has 3 aliphatic rings. The molecule has 0 radical (unpaired) electrons. The summed E-state index contributed by atoms with van der Waals surface area (Å²) >= 11 is 3.31. The van der Waals surface area contributed by atoms with Crippen LogP contribution in [0.1, 0.15) is 208 Å². The number of pyridine rings is 6. The minimum Gasteiger partial charge on any atom is -0.496 e. The fourth-order valence-electron chi connectivity index (χ4n) is 18.6. The van der Waals surface area contributed by atoms with Crippen LogP contribution in [-0.4, -0.2) is 73.8 Å². The van der Waals surface area contributed by atoms with E-state index in [-0.39, 0.29) is 66.5 Å². The number of aromatic nitrogens is 6. The van der Waals surface area contributed by atoms with Gasteiger partial charge in [-0.25, -0.2) is 0 Å². The van der Waals surface area contributed by atoms with Crippen molar-refractivity contribution in [3.8, 4) is 101 Å². The van der Waals surface area contributed by atoms with Gasteiger partial charge in [-0.1, -0.05) is 294 Å². The van der Waals surface area contributed by atoms with Crippen LogP contribution in [0.3, 0.4) is 0 Å². The van der Waals surface area contributed by atoms with Crippen LogP contribution in [0.5, 0.6) is 11.5 Å². The Morgan fingerprint density at radius 2 is 0.611 bits per heavy atom. The topological polar surface area (TPSA) is 114 Å². The molecule has 0 unspecified atom stereocenters. The molecule has 15 heteroatoms. The third-order valence-corrected chi connectivity index (χ3v) is 30.2. The second-order valence-electron chi connectivity index (χ2n) is 41.8. The number of rotatable bonds is 26. The molecular formula is C134H151BBrIr2N6O4P. The van der Waals surface area contributed by atoms with E-state index in [0.717, 1.165) is 144 Å². The number of hydrogen-bond acceptors (Lipinski definition) is 10. The normalized spacial score (nSPS) is 13.4. The molecule has 10 nitrogen and oxygen atoms in total. The smallest absolute Gasteiger partial charge is 0.496 e. The van der Waals surface area contributed by atoms with Gasteiger partial charge in [0.05, 0.1) is 31.0 Å². The van der Waals surface area contributed by atoms with Gasteiger partial charge in [0.1, 0.15) is 11.5 Å². The maximum atomic E-state index is 6.16. The van der Waals surface area contributed by atoms with E-state index in [1.165, 1.54) is 114 Å². The van der Waals surface area contributed by atoms with Gasteiger partial charge in [-0.2, -0.15) is 0 Å². The Bertz CT molecular complexity index is 6140. The molecule has 19 rings (SSSR count). The second-order valence-corrected chi connectivity index (χ2v) is 45.5. The van der Waals surface area contributed by atoms with Crippen molar-refractivity contribution >= 4 is 41.7 Å². The molecule has 0 spiro atoms. The first kappa shape index (κ1) is 120. The quantitative estimate of drug-likeness (QED) is 0.0295. The van der Waals surface area contributed by atoms with Crippen LogP contribution < -0.4 is 20.2 Å². The van der Waals surface area contributed by atoms with Gasteiger partial charge in [-0.05, 0) is 250 Å². The Balaban J connectivity index is 0.000000177. The van der Waals surface area contributed by atoms with Crippen molar-refractivity contribution in [2.45, 2.75) is 236 Å². The van der Waals surface area contributed by atoms with E-state index in [2.05, 4.69) is 345 Å². The van der Waals surface area contributed by atoms with E-state index in [4.69, 9.17) is 18.8 Å². The molecule has 1 aliphatic heterocycles. The maximum absolute atomic E-state index is 6.16. The number of halogens is 1. The average molecular weight is 2420 g/mol. The van der Waals surface area contributed by atoms with Crippen LogP contribution in [0, 0.1) is 71.9 Å². The standard InChI is InChI=1S/C26H35O2P.C21H27BNO2.C21H20N.4C15H16N.C6H5Br.2Ir/c1-27-23-17-11-18-24(28-2)26(23)22-16-9-10-19-25(22)29(20-12-5-3-6-13-20)21-14-7-4-8-15-21;1-15(2)12-16-10-11-23-19(13-16)17-8-7-9-18(14-17)22-24-20(3,4)21(5,6)25-22;1-16(2)13-17-11-12-22-21(14-17)20-10-6-9-19(15-20)18-7-4-3-5-8-18;4*1-12(2)10-13-8-9-16-15(11-13)14-6-4-3-5-7-14;7-6-4-2-1-3-5-6;;/h9-11,16-21H,3-8,12-15H2,1-2H3;7,9-11,13-15H,12H2,1-6H3;3-9,11-12,14-16H,13H2,1-2H3;4*3-6,8-9,11-12H,10H2,1-2H3;1-5H;;/q;6*-1;;2*+3. The van der Waals surface area contributed by atoms with Crippen molar-refractivity contribution in [3.05, 3.63) is 421 Å². The van der Waals surface area contributed by atoms with E-state index in [1.54, 1.807) is 19.5 Å². The second kappa shape index (κ2) is 62.6. The number of ether oxygens (including phenoxy) is 2. The van der Waals surface area contributed by atoms with Crippen molar-refractivity contribution in [3.63, 3.8) is 0 Å². The van der Waals surface area contributed by atoms with Crippen LogP contribution in [-0.2, 0) is 88.0 Å². The molecule has 2 aliphatic carbocycles. The maximum Gasteiger partial charge on any atom is 3.00 e.